The molecule has 5 nitrogen and oxygen atoms in total. The molecule has 168 valence electrons. The Bertz CT molecular complexity index is 788. The Kier molecular flexibility index (Phi) is 5.80. The summed E-state index contributed by atoms with van der Waals surface area (Å²) in [6.07, 6.45) is 9.48. The van der Waals surface area contributed by atoms with Crippen LogP contribution in [-0.2, 0) is 19.7 Å². The van der Waals surface area contributed by atoms with Crippen molar-refractivity contribution in [2.24, 2.45) is 17.3 Å². The largest absolute Gasteiger partial charge is 0.381 e. The Hall–Kier alpha value is -1.88. The summed E-state index contributed by atoms with van der Waals surface area (Å²) in [6, 6.07) is 10.7. The van der Waals surface area contributed by atoms with E-state index in [1.165, 1.54) is 18.4 Å². The molecule has 2 saturated carbocycles. The summed E-state index contributed by atoms with van der Waals surface area (Å²) in [6.45, 7) is 3.81. The molecule has 1 spiro atoms. The zero-order valence-corrected chi connectivity index (χ0v) is 18.6. The first-order valence-corrected chi connectivity index (χ1v) is 12.3. The molecule has 5 rings (SSSR count). The predicted octanol–water partition coefficient (Wildman–Crippen LogP) is 3.67. The van der Waals surface area contributed by atoms with Crippen molar-refractivity contribution in [3.63, 3.8) is 0 Å². The highest BCUT2D eigenvalue weighted by molar-refractivity contribution is 5.83. The number of hydrogen-bond donors (Lipinski definition) is 1. The van der Waals surface area contributed by atoms with Crippen LogP contribution in [0, 0.1) is 17.3 Å². The van der Waals surface area contributed by atoms with Gasteiger partial charge in [-0.05, 0) is 55.9 Å². The van der Waals surface area contributed by atoms with Crippen LogP contribution in [0.2, 0.25) is 0 Å². The molecule has 0 bridgehead atoms. The molecule has 5 heteroatoms. The number of amides is 2. The van der Waals surface area contributed by atoms with Gasteiger partial charge in [0.15, 0.2) is 0 Å². The van der Waals surface area contributed by atoms with Crippen molar-refractivity contribution in [2.45, 2.75) is 63.2 Å². The van der Waals surface area contributed by atoms with Crippen LogP contribution >= 0.6 is 0 Å². The van der Waals surface area contributed by atoms with Crippen molar-refractivity contribution < 1.29 is 14.3 Å². The second kappa shape index (κ2) is 8.57. The fourth-order valence-corrected chi connectivity index (χ4v) is 6.44. The Morgan fingerprint density at radius 3 is 2.35 bits per heavy atom. The Balaban J connectivity index is 1.13. The second-order valence-corrected chi connectivity index (χ2v) is 10.4. The van der Waals surface area contributed by atoms with Gasteiger partial charge < -0.3 is 15.0 Å². The second-order valence-electron chi connectivity index (χ2n) is 10.4. The van der Waals surface area contributed by atoms with Gasteiger partial charge in [-0.1, -0.05) is 43.2 Å². The summed E-state index contributed by atoms with van der Waals surface area (Å²) < 4.78 is 5.40. The first-order chi connectivity index (χ1) is 15.1. The lowest BCUT2D eigenvalue weighted by atomic mass is 9.78. The molecule has 2 aliphatic heterocycles. The minimum Gasteiger partial charge on any atom is -0.381 e. The standard InChI is InChI=1S/C26H36N2O3/c29-23(27-19-26(10-4-5-11-26)21-6-2-1-3-7-21)22-18-25(22)12-14-28(15-13-25)24(30)20-8-16-31-17-9-20/h1-3,6-7,20,22H,4-5,8-19H2,(H,27,29)/t22-/m0/s1. The topological polar surface area (TPSA) is 58.6 Å². The molecule has 0 aromatic heterocycles. The minimum absolute atomic E-state index is 0.110. The average Bonchev–Trinajstić information content (AvgIpc) is 3.30. The first kappa shape index (κ1) is 21.0. The fraction of sp³-hybridized carbons (Fsp3) is 0.692. The molecule has 31 heavy (non-hydrogen) atoms. The number of likely N-dealkylation sites (tertiary alicyclic amines) is 1. The van der Waals surface area contributed by atoms with E-state index < -0.39 is 0 Å². The van der Waals surface area contributed by atoms with E-state index >= 15 is 0 Å². The molecule has 2 amide bonds. The third kappa shape index (κ3) is 4.13. The van der Waals surface area contributed by atoms with Crippen molar-refractivity contribution in [3.8, 4) is 0 Å². The molecule has 2 heterocycles. The number of piperidine rings is 1. The van der Waals surface area contributed by atoms with Crippen LogP contribution < -0.4 is 5.32 Å². The molecule has 4 aliphatic rings. The molecule has 4 fully saturated rings. The lowest BCUT2D eigenvalue weighted by Crippen LogP contribution is -2.45. The molecule has 2 aliphatic carbocycles. The molecular weight excluding hydrogens is 388 g/mol. The number of carbonyl (C=O) groups excluding carboxylic acids is 2. The van der Waals surface area contributed by atoms with Crippen LogP contribution in [-0.4, -0.2) is 49.6 Å². The number of carbonyl (C=O) groups is 2. The third-order valence-electron chi connectivity index (χ3n) is 8.70. The lowest BCUT2D eigenvalue weighted by Gasteiger charge is -2.36. The highest BCUT2D eigenvalue weighted by atomic mass is 16.5. The Labute approximate surface area is 185 Å². The van der Waals surface area contributed by atoms with Crippen LogP contribution in [0.15, 0.2) is 30.3 Å². The summed E-state index contributed by atoms with van der Waals surface area (Å²) >= 11 is 0. The maximum atomic E-state index is 13.1. The molecule has 2 saturated heterocycles. The van der Waals surface area contributed by atoms with Crippen molar-refractivity contribution >= 4 is 11.8 Å². The number of hydrogen-bond acceptors (Lipinski definition) is 3. The molecular formula is C26H36N2O3. The normalized spacial score (nSPS) is 27.2. The maximum Gasteiger partial charge on any atom is 0.225 e. The van der Waals surface area contributed by atoms with Gasteiger partial charge in [-0.2, -0.15) is 0 Å². The number of nitrogens with zero attached hydrogens (tertiary/aromatic N) is 1. The van der Waals surface area contributed by atoms with Gasteiger partial charge in [-0.15, -0.1) is 0 Å². The lowest BCUT2D eigenvalue weighted by molar-refractivity contribution is -0.140. The van der Waals surface area contributed by atoms with Gasteiger partial charge in [-0.3, -0.25) is 9.59 Å². The van der Waals surface area contributed by atoms with Crippen LogP contribution in [0.4, 0.5) is 0 Å². The average molecular weight is 425 g/mol. The van der Waals surface area contributed by atoms with E-state index in [0.29, 0.717) is 19.1 Å². The van der Waals surface area contributed by atoms with E-state index in [9.17, 15) is 9.59 Å². The Morgan fingerprint density at radius 1 is 1.00 bits per heavy atom. The summed E-state index contributed by atoms with van der Waals surface area (Å²) in [5, 5.41) is 3.35. The molecule has 1 aromatic carbocycles. The SMILES string of the molecule is O=C(NCC1(c2ccccc2)CCCC1)[C@@H]1CC12CCN(C(=O)C1CCOCC1)CC2. The molecule has 0 radical (unpaired) electrons. The van der Waals surface area contributed by atoms with E-state index in [0.717, 1.165) is 64.6 Å². The van der Waals surface area contributed by atoms with Crippen molar-refractivity contribution in [1.82, 2.24) is 10.2 Å². The zero-order valence-electron chi connectivity index (χ0n) is 18.6. The maximum absolute atomic E-state index is 13.1. The molecule has 1 atom stereocenters. The highest BCUT2D eigenvalue weighted by Gasteiger charge is 2.59. The van der Waals surface area contributed by atoms with E-state index in [2.05, 4.69) is 40.5 Å². The van der Waals surface area contributed by atoms with Crippen LogP contribution in [0.25, 0.3) is 0 Å². The number of rotatable bonds is 5. The van der Waals surface area contributed by atoms with E-state index in [-0.39, 0.29) is 28.6 Å². The number of nitrogens with one attached hydrogen (secondary N) is 1. The van der Waals surface area contributed by atoms with Gasteiger partial charge in [0.05, 0.1) is 0 Å². The monoisotopic (exact) mass is 424 g/mol. The molecule has 1 N–H and O–H groups in total. The van der Waals surface area contributed by atoms with Crippen LogP contribution in [0.5, 0.6) is 0 Å². The van der Waals surface area contributed by atoms with E-state index in [4.69, 9.17) is 4.74 Å². The summed E-state index contributed by atoms with van der Waals surface area (Å²) in [4.78, 5) is 27.9. The van der Waals surface area contributed by atoms with Gasteiger partial charge in [-0.25, -0.2) is 0 Å². The number of benzene rings is 1. The third-order valence-corrected chi connectivity index (χ3v) is 8.70. The van der Waals surface area contributed by atoms with Gasteiger partial charge >= 0.3 is 0 Å². The van der Waals surface area contributed by atoms with Crippen molar-refractivity contribution in [2.75, 3.05) is 32.8 Å². The van der Waals surface area contributed by atoms with Gasteiger partial charge in [0.1, 0.15) is 0 Å². The van der Waals surface area contributed by atoms with Gasteiger partial charge in [0.25, 0.3) is 0 Å². The van der Waals surface area contributed by atoms with E-state index in [1.807, 2.05) is 0 Å². The van der Waals surface area contributed by atoms with E-state index in [1.54, 1.807) is 0 Å². The first-order valence-electron chi connectivity index (χ1n) is 12.3. The summed E-state index contributed by atoms with van der Waals surface area (Å²) in [5.74, 6) is 0.834. The predicted molar refractivity (Wildman–Crippen MR) is 119 cm³/mol. The number of ether oxygens (including phenoxy) is 1. The zero-order chi connectivity index (χ0) is 21.3. The molecule has 0 unspecified atom stereocenters. The van der Waals surface area contributed by atoms with Crippen molar-refractivity contribution in [1.29, 1.82) is 0 Å². The van der Waals surface area contributed by atoms with Crippen molar-refractivity contribution in [3.05, 3.63) is 35.9 Å². The van der Waals surface area contributed by atoms with Gasteiger partial charge in [0.2, 0.25) is 11.8 Å². The molecule has 1 aromatic rings. The highest BCUT2D eigenvalue weighted by Crippen LogP contribution is 2.59. The minimum atomic E-state index is 0.110. The van der Waals surface area contributed by atoms with Gasteiger partial charge in [0, 0.05) is 50.1 Å². The quantitative estimate of drug-likeness (QED) is 0.785. The summed E-state index contributed by atoms with van der Waals surface area (Å²) in [5.41, 5.74) is 1.63. The fourth-order valence-electron chi connectivity index (χ4n) is 6.44. The van der Waals surface area contributed by atoms with Crippen LogP contribution in [0.3, 0.4) is 0 Å². The smallest absolute Gasteiger partial charge is 0.225 e. The van der Waals surface area contributed by atoms with Crippen LogP contribution in [0.1, 0.15) is 63.4 Å². The summed E-state index contributed by atoms with van der Waals surface area (Å²) in [7, 11) is 0. The Morgan fingerprint density at radius 2 is 1.68 bits per heavy atom.